The molecule has 2 aliphatic heterocycles. The molecule has 0 unspecified atom stereocenters. The van der Waals surface area contributed by atoms with Crippen LogP contribution in [0.5, 0.6) is 0 Å². The van der Waals surface area contributed by atoms with Crippen LogP contribution in [0.1, 0.15) is 24.0 Å². The van der Waals surface area contributed by atoms with E-state index in [1.165, 1.54) is 0 Å². The molecule has 0 bridgehead atoms. The number of halogens is 2. The van der Waals surface area contributed by atoms with Gasteiger partial charge in [0.2, 0.25) is 0 Å². The maximum absolute atomic E-state index is 14.3. The predicted octanol–water partition coefficient (Wildman–Crippen LogP) is 4.14. The number of benzene rings is 2. The molecule has 2 aromatic carbocycles. The van der Waals surface area contributed by atoms with Crippen LogP contribution in [0.4, 0.5) is 25.8 Å². The fourth-order valence-electron chi connectivity index (χ4n) is 5.72. The number of anilines is 3. The molecule has 0 saturated carbocycles. The van der Waals surface area contributed by atoms with E-state index in [-0.39, 0.29) is 11.3 Å². The van der Waals surface area contributed by atoms with Gasteiger partial charge in [-0.15, -0.1) is 0 Å². The first-order valence-corrected chi connectivity index (χ1v) is 12.6. The minimum absolute atomic E-state index is 0.000224. The SMILES string of the molecule is Cn1cc(-c2cc3c(cc2C(F)F)N(c2cc(N4CCOCC4)c4c(c2)n(C)c(=O)n4C)CCC3)cn1. The molecule has 0 spiro atoms. The Balaban J connectivity index is 1.53. The monoisotopic (exact) mass is 508 g/mol. The van der Waals surface area contributed by atoms with E-state index >= 15 is 0 Å². The van der Waals surface area contributed by atoms with Crippen molar-refractivity contribution in [2.45, 2.75) is 19.3 Å². The third-order valence-electron chi connectivity index (χ3n) is 7.61. The van der Waals surface area contributed by atoms with Gasteiger partial charge < -0.3 is 14.5 Å². The Kier molecular flexibility index (Phi) is 5.78. The number of alkyl halides is 2. The minimum atomic E-state index is -2.62. The molecule has 2 aliphatic rings. The Morgan fingerprint density at radius 1 is 0.973 bits per heavy atom. The summed E-state index contributed by atoms with van der Waals surface area (Å²) in [6.07, 6.45) is 2.49. The van der Waals surface area contributed by atoms with E-state index in [1.54, 1.807) is 53.4 Å². The van der Waals surface area contributed by atoms with Crippen LogP contribution in [-0.2, 0) is 32.3 Å². The molecular formula is C27H30F2N6O2. The topological polar surface area (TPSA) is 60.5 Å². The van der Waals surface area contributed by atoms with Crippen molar-refractivity contribution in [1.29, 1.82) is 0 Å². The van der Waals surface area contributed by atoms with E-state index in [0.717, 1.165) is 59.6 Å². The number of hydrogen-bond donors (Lipinski definition) is 0. The third kappa shape index (κ3) is 3.90. The van der Waals surface area contributed by atoms with E-state index in [1.807, 2.05) is 12.1 Å². The number of morpholine rings is 1. The molecule has 0 aliphatic carbocycles. The Hall–Kier alpha value is -3.66. The molecule has 4 heterocycles. The van der Waals surface area contributed by atoms with E-state index in [0.29, 0.717) is 30.9 Å². The van der Waals surface area contributed by atoms with Crippen LogP contribution in [0.2, 0.25) is 0 Å². The normalized spacial score (nSPS) is 16.2. The second-order valence-electron chi connectivity index (χ2n) is 9.86. The van der Waals surface area contributed by atoms with Crippen LogP contribution >= 0.6 is 0 Å². The van der Waals surface area contributed by atoms with Gasteiger partial charge >= 0.3 is 5.69 Å². The zero-order chi connectivity index (χ0) is 25.8. The van der Waals surface area contributed by atoms with Gasteiger partial charge in [0.15, 0.2) is 0 Å². The van der Waals surface area contributed by atoms with E-state index in [4.69, 9.17) is 4.74 Å². The molecule has 0 N–H and O–H groups in total. The molecule has 8 nitrogen and oxygen atoms in total. The lowest BCUT2D eigenvalue weighted by Crippen LogP contribution is -2.36. The first kappa shape index (κ1) is 23.7. The van der Waals surface area contributed by atoms with Crippen molar-refractivity contribution in [3.8, 4) is 11.1 Å². The minimum Gasteiger partial charge on any atom is -0.378 e. The van der Waals surface area contributed by atoms with Crippen molar-refractivity contribution < 1.29 is 13.5 Å². The number of fused-ring (bicyclic) bond motifs is 2. The predicted molar refractivity (Wildman–Crippen MR) is 140 cm³/mol. The van der Waals surface area contributed by atoms with Crippen LogP contribution in [0.25, 0.3) is 22.2 Å². The van der Waals surface area contributed by atoms with Crippen molar-refractivity contribution in [3.63, 3.8) is 0 Å². The number of aromatic nitrogens is 4. The summed E-state index contributed by atoms with van der Waals surface area (Å²) in [7, 11) is 5.35. The van der Waals surface area contributed by atoms with Crippen LogP contribution in [0, 0.1) is 0 Å². The van der Waals surface area contributed by atoms with Gasteiger partial charge in [-0.3, -0.25) is 13.8 Å². The van der Waals surface area contributed by atoms with Gasteiger partial charge in [-0.2, -0.15) is 5.10 Å². The first-order valence-electron chi connectivity index (χ1n) is 12.6. The summed E-state index contributed by atoms with van der Waals surface area (Å²) in [4.78, 5) is 17.3. The number of aryl methyl sites for hydroxylation is 4. The second-order valence-corrected chi connectivity index (χ2v) is 9.86. The summed E-state index contributed by atoms with van der Waals surface area (Å²) in [5, 5.41) is 4.19. The molecule has 194 valence electrons. The van der Waals surface area contributed by atoms with Crippen molar-refractivity contribution in [2.24, 2.45) is 21.1 Å². The van der Waals surface area contributed by atoms with E-state index in [9.17, 15) is 13.6 Å². The van der Waals surface area contributed by atoms with Gasteiger partial charge in [-0.05, 0) is 48.2 Å². The zero-order valence-electron chi connectivity index (χ0n) is 21.2. The number of hydrogen-bond acceptors (Lipinski definition) is 5. The van der Waals surface area contributed by atoms with Crippen LogP contribution in [0.15, 0.2) is 41.5 Å². The van der Waals surface area contributed by atoms with E-state index < -0.39 is 6.43 Å². The molecule has 4 aromatic rings. The van der Waals surface area contributed by atoms with Crippen molar-refractivity contribution >= 4 is 28.1 Å². The zero-order valence-corrected chi connectivity index (χ0v) is 21.2. The Labute approximate surface area is 213 Å². The summed E-state index contributed by atoms with van der Waals surface area (Å²) >= 11 is 0. The molecule has 10 heteroatoms. The molecule has 1 fully saturated rings. The standard InChI is InChI=1S/C27H30F2N6O2/c1-31-16-18(15-30-31)20-11-17-5-4-6-35(22(17)14-21(20)26(28)29)19-12-23-25(33(3)27(36)32(23)2)24(13-19)34-7-9-37-10-8-34/h11-16,26H,4-10H2,1-3H3. The fraction of sp³-hybridized carbons (Fsp3) is 0.407. The van der Waals surface area contributed by atoms with Gasteiger partial charge in [0.25, 0.3) is 6.43 Å². The molecule has 0 atom stereocenters. The Morgan fingerprint density at radius 2 is 1.76 bits per heavy atom. The lowest BCUT2D eigenvalue weighted by molar-refractivity contribution is 0.123. The maximum atomic E-state index is 14.3. The van der Waals surface area contributed by atoms with Gasteiger partial charge in [-0.25, -0.2) is 13.6 Å². The molecule has 1 saturated heterocycles. The highest BCUT2D eigenvalue weighted by Gasteiger charge is 2.27. The highest BCUT2D eigenvalue weighted by molar-refractivity contribution is 5.94. The number of ether oxygens (including phenoxy) is 1. The highest BCUT2D eigenvalue weighted by Crippen LogP contribution is 2.43. The fourth-order valence-corrected chi connectivity index (χ4v) is 5.72. The summed E-state index contributed by atoms with van der Waals surface area (Å²) in [6.45, 7) is 3.39. The average Bonchev–Trinajstić information content (AvgIpc) is 3.44. The molecule has 6 rings (SSSR count). The largest absolute Gasteiger partial charge is 0.378 e. The molecular weight excluding hydrogens is 478 g/mol. The average molecular weight is 509 g/mol. The first-order chi connectivity index (χ1) is 17.8. The number of imidazole rings is 1. The summed E-state index contributed by atoms with van der Waals surface area (Å²) in [5.74, 6) is 0. The second kappa shape index (κ2) is 9.02. The van der Waals surface area contributed by atoms with Crippen molar-refractivity contribution in [1.82, 2.24) is 18.9 Å². The Morgan fingerprint density at radius 3 is 2.46 bits per heavy atom. The van der Waals surface area contributed by atoms with Crippen LogP contribution in [-0.4, -0.2) is 51.8 Å². The highest BCUT2D eigenvalue weighted by atomic mass is 19.3. The summed E-state index contributed by atoms with van der Waals surface area (Å²) in [6, 6.07) is 7.65. The van der Waals surface area contributed by atoms with E-state index in [2.05, 4.69) is 21.0 Å². The van der Waals surface area contributed by atoms with Gasteiger partial charge in [-0.1, -0.05) is 0 Å². The van der Waals surface area contributed by atoms with Gasteiger partial charge in [0.05, 0.1) is 36.1 Å². The summed E-state index contributed by atoms with van der Waals surface area (Å²) in [5.41, 5.74) is 6.49. The molecule has 0 radical (unpaired) electrons. The quantitative estimate of drug-likeness (QED) is 0.415. The van der Waals surface area contributed by atoms with Gasteiger partial charge in [0.1, 0.15) is 0 Å². The van der Waals surface area contributed by atoms with Crippen LogP contribution in [0.3, 0.4) is 0 Å². The summed E-state index contributed by atoms with van der Waals surface area (Å²) < 4.78 is 39.2. The molecule has 0 amide bonds. The maximum Gasteiger partial charge on any atom is 0.328 e. The third-order valence-corrected chi connectivity index (χ3v) is 7.61. The van der Waals surface area contributed by atoms with Gasteiger partial charge in [0, 0.05) is 69.5 Å². The van der Waals surface area contributed by atoms with Crippen molar-refractivity contribution in [3.05, 3.63) is 58.3 Å². The number of rotatable bonds is 4. The molecule has 2 aromatic heterocycles. The smallest absolute Gasteiger partial charge is 0.328 e. The van der Waals surface area contributed by atoms with Crippen LogP contribution < -0.4 is 15.5 Å². The number of nitrogens with zero attached hydrogens (tertiary/aromatic N) is 6. The molecule has 37 heavy (non-hydrogen) atoms. The van der Waals surface area contributed by atoms with Crippen molar-refractivity contribution in [2.75, 3.05) is 42.6 Å². The lowest BCUT2D eigenvalue weighted by Gasteiger charge is -2.35. The lowest BCUT2D eigenvalue weighted by atomic mass is 9.92. The Bertz CT molecular complexity index is 1550.